The van der Waals surface area contributed by atoms with Gasteiger partial charge >= 0.3 is 0 Å². The monoisotopic (exact) mass is 205 g/mol. The fraction of sp³-hybridized carbons (Fsp3) is 0.333. The number of phenolic OH excluding ortho intramolecular Hbond substituents is 1. The zero-order chi connectivity index (χ0) is 11.0. The predicted molar refractivity (Wildman–Crippen MR) is 60.2 cm³/mol. The number of aryl methyl sites for hydroxylation is 1. The van der Waals surface area contributed by atoms with Crippen LogP contribution in [0.1, 0.15) is 24.0 Å². The molecule has 15 heavy (non-hydrogen) atoms. The van der Waals surface area contributed by atoms with Gasteiger partial charge in [0.1, 0.15) is 5.75 Å². The van der Waals surface area contributed by atoms with E-state index in [1.54, 1.807) is 0 Å². The van der Waals surface area contributed by atoms with Crippen molar-refractivity contribution < 1.29 is 10.2 Å². The number of benzene rings is 1. The van der Waals surface area contributed by atoms with Crippen LogP contribution in [0.15, 0.2) is 18.3 Å². The second kappa shape index (κ2) is 3.59. The SMILES string of the molecule is Cc1c[nH]c2ccc(C(C)CO)c(O)c12. The molecular formula is C12H15NO2. The van der Waals surface area contributed by atoms with Crippen molar-refractivity contribution in [3.63, 3.8) is 0 Å². The first-order chi connectivity index (χ1) is 7.15. The van der Waals surface area contributed by atoms with Crippen molar-refractivity contribution in [1.82, 2.24) is 4.98 Å². The maximum atomic E-state index is 10.1. The van der Waals surface area contributed by atoms with Crippen molar-refractivity contribution in [3.05, 3.63) is 29.5 Å². The van der Waals surface area contributed by atoms with Gasteiger partial charge in [0.25, 0.3) is 0 Å². The summed E-state index contributed by atoms with van der Waals surface area (Å²) in [6.07, 6.45) is 1.87. The Morgan fingerprint density at radius 3 is 2.80 bits per heavy atom. The maximum absolute atomic E-state index is 10.1. The summed E-state index contributed by atoms with van der Waals surface area (Å²) in [4.78, 5) is 3.09. The van der Waals surface area contributed by atoms with Gasteiger partial charge in [-0.15, -0.1) is 0 Å². The lowest BCUT2D eigenvalue weighted by molar-refractivity contribution is 0.270. The Kier molecular flexibility index (Phi) is 2.40. The highest BCUT2D eigenvalue weighted by Crippen LogP contribution is 2.34. The van der Waals surface area contributed by atoms with Crippen molar-refractivity contribution in [1.29, 1.82) is 0 Å². The second-order valence-electron chi connectivity index (χ2n) is 3.98. The van der Waals surface area contributed by atoms with Crippen LogP contribution in [-0.4, -0.2) is 21.8 Å². The molecule has 0 aliphatic carbocycles. The Hall–Kier alpha value is -1.48. The van der Waals surface area contributed by atoms with Gasteiger partial charge in [0, 0.05) is 29.6 Å². The minimum absolute atomic E-state index is 0.0382. The Labute approximate surface area is 88.4 Å². The molecule has 0 aliphatic heterocycles. The van der Waals surface area contributed by atoms with E-state index in [1.807, 2.05) is 32.2 Å². The number of aromatic hydroxyl groups is 1. The molecule has 1 aromatic heterocycles. The molecule has 0 radical (unpaired) electrons. The van der Waals surface area contributed by atoms with Crippen molar-refractivity contribution in [3.8, 4) is 5.75 Å². The van der Waals surface area contributed by atoms with Crippen molar-refractivity contribution in [2.24, 2.45) is 0 Å². The number of aromatic amines is 1. The van der Waals surface area contributed by atoms with Gasteiger partial charge in [-0.05, 0) is 24.1 Å². The number of fused-ring (bicyclic) bond motifs is 1. The zero-order valence-corrected chi connectivity index (χ0v) is 8.91. The molecule has 1 aromatic carbocycles. The van der Waals surface area contributed by atoms with E-state index < -0.39 is 0 Å². The Bertz CT molecular complexity index is 488. The number of aliphatic hydroxyl groups is 1. The molecule has 0 aliphatic rings. The number of H-pyrrole nitrogens is 1. The number of aliphatic hydroxyl groups excluding tert-OH is 1. The summed E-state index contributed by atoms with van der Waals surface area (Å²) in [6, 6.07) is 3.79. The summed E-state index contributed by atoms with van der Waals surface area (Å²) < 4.78 is 0. The predicted octanol–water partition coefficient (Wildman–Crippen LogP) is 2.28. The quantitative estimate of drug-likeness (QED) is 0.704. The van der Waals surface area contributed by atoms with Crippen LogP contribution >= 0.6 is 0 Å². The lowest BCUT2D eigenvalue weighted by Gasteiger charge is -2.11. The summed E-state index contributed by atoms with van der Waals surface area (Å²) in [6.45, 7) is 3.89. The van der Waals surface area contributed by atoms with Crippen molar-refractivity contribution in [2.75, 3.05) is 6.61 Å². The molecule has 0 fully saturated rings. The van der Waals surface area contributed by atoms with Crippen molar-refractivity contribution in [2.45, 2.75) is 19.8 Å². The van der Waals surface area contributed by atoms with E-state index in [9.17, 15) is 5.11 Å². The standard InChI is InChI=1S/C12H15NO2/c1-7-5-13-10-4-3-9(8(2)6-14)12(15)11(7)10/h3-5,8,13-15H,6H2,1-2H3. The first kappa shape index (κ1) is 10.1. The minimum atomic E-state index is -0.0382. The van der Waals surface area contributed by atoms with Crippen LogP contribution in [0.4, 0.5) is 0 Å². The van der Waals surface area contributed by atoms with Crippen LogP contribution in [0.5, 0.6) is 5.75 Å². The normalized spacial score (nSPS) is 13.3. The number of hydrogen-bond donors (Lipinski definition) is 3. The van der Waals surface area contributed by atoms with Crippen LogP contribution < -0.4 is 0 Å². The number of hydrogen-bond acceptors (Lipinski definition) is 2. The molecular weight excluding hydrogens is 190 g/mol. The van der Waals surface area contributed by atoms with Gasteiger partial charge < -0.3 is 15.2 Å². The summed E-state index contributed by atoms with van der Waals surface area (Å²) in [7, 11) is 0. The molecule has 0 spiro atoms. The molecule has 1 heterocycles. The first-order valence-corrected chi connectivity index (χ1v) is 5.05. The van der Waals surface area contributed by atoms with Gasteiger partial charge in [-0.25, -0.2) is 0 Å². The average molecular weight is 205 g/mol. The van der Waals surface area contributed by atoms with E-state index >= 15 is 0 Å². The smallest absolute Gasteiger partial charge is 0.128 e. The van der Waals surface area contributed by atoms with E-state index in [0.29, 0.717) is 0 Å². The summed E-state index contributed by atoms with van der Waals surface area (Å²) in [5, 5.41) is 20.0. The van der Waals surface area contributed by atoms with Gasteiger partial charge in [-0.2, -0.15) is 0 Å². The highest BCUT2D eigenvalue weighted by atomic mass is 16.3. The second-order valence-corrected chi connectivity index (χ2v) is 3.98. The molecule has 3 N–H and O–H groups in total. The largest absolute Gasteiger partial charge is 0.507 e. The van der Waals surface area contributed by atoms with Crippen LogP contribution in [0.3, 0.4) is 0 Å². The van der Waals surface area contributed by atoms with E-state index in [1.165, 1.54) is 0 Å². The third-order valence-corrected chi connectivity index (χ3v) is 2.85. The summed E-state index contributed by atoms with van der Waals surface area (Å²) in [5.41, 5.74) is 2.75. The highest BCUT2D eigenvalue weighted by Gasteiger charge is 2.14. The fourth-order valence-electron chi connectivity index (χ4n) is 1.88. The van der Waals surface area contributed by atoms with Gasteiger partial charge in [0.15, 0.2) is 0 Å². The van der Waals surface area contributed by atoms with Crippen LogP contribution in [-0.2, 0) is 0 Å². The Morgan fingerprint density at radius 2 is 2.13 bits per heavy atom. The highest BCUT2D eigenvalue weighted by molar-refractivity contribution is 5.90. The molecule has 3 nitrogen and oxygen atoms in total. The van der Waals surface area contributed by atoms with E-state index in [-0.39, 0.29) is 18.3 Å². The van der Waals surface area contributed by atoms with Crippen molar-refractivity contribution >= 4 is 10.9 Å². The van der Waals surface area contributed by atoms with Crippen LogP contribution in [0.2, 0.25) is 0 Å². The maximum Gasteiger partial charge on any atom is 0.128 e. The minimum Gasteiger partial charge on any atom is -0.507 e. The number of phenols is 1. The molecule has 0 bridgehead atoms. The summed E-state index contributed by atoms with van der Waals surface area (Å²) >= 11 is 0. The van der Waals surface area contributed by atoms with Gasteiger partial charge in [0.2, 0.25) is 0 Å². The van der Waals surface area contributed by atoms with Gasteiger partial charge in [-0.3, -0.25) is 0 Å². The molecule has 1 unspecified atom stereocenters. The van der Waals surface area contributed by atoms with Crippen LogP contribution in [0.25, 0.3) is 10.9 Å². The van der Waals surface area contributed by atoms with E-state index in [0.717, 1.165) is 22.0 Å². The Morgan fingerprint density at radius 1 is 1.40 bits per heavy atom. The first-order valence-electron chi connectivity index (χ1n) is 5.05. The molecule has 2 aromatic rings. The van der Waals surface area contributed by atoms with Gasteiger partial charge in [0.05, 0.1) is 0 Å². The molecule has 2 rings (SSSR count). The van der Waals surface area contributed by atoms with E-state index in [2.05, 4.69) is 4.98 Å². The van der Waals surface area contributed by atoms with Crippen LogP contribution in [0, 0.1) is 6.92 Å². The topological polar surface area (TPSA) is 56.2 Å². The zero-order valence-electron chi connectivity index (χ0n) is 8.91. The lowest BCUT2D eigenvalue weighted by Crippen LogP contribution is -1.99. The Balaban J connectivity index is 2.68. The van der Waals surface area contributed by atoms with Gasteiger partial charge in [-0.1, -0.05) is 13.0 Å². The lowest BCUT2D eigenvalue weighted by atomic mass is 9.98. The number of nitrogens with one attached hydrogen (secondary N) is 1. The molecule has 0 amide bonds. The third kappa shape index (κ3) is 1.49. The molecule has 3 heteroatoms. The molecule has 80 valence electrons. The molecule has 0 saturated carbocycles. The summed E-state index contributed by atoms with van der Waals surface area (Å²) in [5.74, 6) is 0.247. The average Bonchev–Trinajstić information content (AvgIpc) is 2.61. The van der Waals surface area contributed by atoms with E-state index in [4.69, 9.17) is 5.11 Å². The third-order valence-electron chi connectivity index (χ3n) is 2.85. The fourth-order valence-corrected chi connectivity index (χ4v) is 1.88. The molecule has 1 atom stereocenters. The number of aromatic nitrogens is 1. The molecule has 0 saturated heterocycles. The number of rotatable bonds is 2.